The van der Waals surface area contributed by atoms with Crippen LogP contribution in [-0.4, -0.2) is 46.5 Å². The Hall–Kier alpha value is -3.35. The first-order valence-corrected chi connectivity index (χ1v) is 13.1. The number of carbonyl (C=O) groups excluding carboxylic acids is 2. The maximum absolute atomic E-state index is 13.1. The molecule has 1 heterocycles. The molecule has 0 unspecified atom stereocenters. The van der Waals surface area contributed by atoms with Crippen molar-refractivity contribution in [3.8, 4) is 0 Å². The second-order valence-electron chi connectivity index (χ2n) is 10.5. The van der Waals surface area contributed by atoms with Gasteiger partial charge in [-0.25, -0.2) is 9.59 Å². The zero-order valence-electron chi connectivity index (χ0n) is 21.2. The smallest absolute Gasteiger partial charge is 0.335 e. The fourth-order valence-electron chi connectivity index (χ4n) is 5.35. The molecule has 1 atom stereocenters. The maximum Gasteiger partial charge on any atom is 0.335 e. The summed E-state index contributed by atoms with van der Waals surface area (Å²) in [5.74, 6) is 0.00781. The lowest BCUT2D eigenvalue weighted by Crippen LogP contribution is -2.50. The van der Waals surface area contributed by atoms with Crippen LogP contribution in [-0.2, 0) is 11.2 Å². The highest BCUT2D eigenvalue weighted by atomic mass is 16.4. The molecule has 0 radical (unpaired) electrons. The maximum atomic E-state index is 13.1. The Morgan fingerprint density at radius 1 is 0.944 bits per heavy atom. The number of anilines is 1. The van der Waals surface area contributed by atoms with Gasteiger partial charge in [0.2, 0.25) is 5.91 Å². The number of aromatic carboxylic acids is 1. The van der Waals surface area contributed by atoms with Crippen molar-refractivity contribution in [2.24, 2.45) is 5.92 Å². The van der Waals surface area contributed by atoms with Crippen LogP contribution in [0.25, 0.3) is 0 Å². The lowest BCUT2D eigenvalue weighted by Gasteiger charge is -2.31. The third kappa shape index (κ3) is 6.45. The molecule has 0 bridgehead atoms. The Balaban J connectivity index is 1.24. The van der Waals surface area contributed by atoms with E-state index in [0.717, 1.165) is 49.8 Å². The molecule has 2 aromatic rings. The summed E-state index contributed by atoms with van der Waals surface area (Å²) in [4.78, 5) is 38.7. The van der Waals surface area contributed by atoms with Crippen LogP contribution < -0.4 is 10.6 Å². The van der Waals surface area contributed by atoms with Gasteiger partial charge in [0.05, 0.1) is 5.56 Å². The summed E-state index contributed by atoms with van der Waals surface area (Å²) >= 11 is 0. The van der Waals surface area contributed by atoms with Gasteiger partial charge in [-0.15, -0.1) is 0 Å². The first kappa shape index (κ1) is 25.7. The van der Waals surface area contributed by atoms with Crippen LogP contribution in [0.2, 0.25) is 0 Å². The molecule has 192 valence electrons. The second-order valence-corrected chi connectivity index (χ2v) is 10.5. The number of rotatable bonds is 7. The molecular formula is C29H37N3O4. The fourth-order valence-corrected chi connectivity index (χ4v) is 5.35. The average molecular weight is 492 g/mol. The van der Waals surface area contributed by atoms with E-state index in [9.17, 15) is 14.4 Å². The van der Waals surface area contributed by atoms with Crippen LogP contribution in [0.3, 0.4) is 0 Å². The van der Waals surface area contributed by atoms with E-state index in [4.69, 9.17) is 5.11 Å². The van der Waals surface area contributed by atoms with Gasteiger partial charge in [0.25, 0.3) is 0 Å². The number of hydrogen-bond donors (Lipinski definition) is 3. The van der Waals surface area contributed by atoms with Crippen molar-refractivity contribution in [3.05, 3.63) is 65.2 Å². The molecule has 1 saturated heterocycles. The van der Waals surface area contributed by atoms with Crippen LogP contribution in [0.5, 0.6) is 0 Å². The minimum Gasteiger partial charge on any atom is -0.478 e. The topological polar surface area (TPSA) is 98.7 Å². The zero-order valence-corrected chi connectivity index (χ0v) is 21.2. The first-order valence-electron chi connectivity index (χ1n) is 13.1. The largest absolute Gasteiger partial charge is 0.478 e. The number of carboxylic acid groups (broad SMARTS) is 1. The Morgan fingerprint density at radius 3 is 2.22 bits per heavy atom. The first-order chi connectivity index (χ1) is 17.3. The molecule has 3 amide bonds. The minimum atomic E-state index is -0.906. The van der Waals surface area contributed by atoms with Crippen LogP contribution in [0.4, 0.5) is 10.5 Å². The fraction of sp³-hybridized carbons (Fsp3) is 0.483. The van der Waals surface area contributed by atoms with Gasteiger partial charge in [-0.1, -0.05) is 38.1 Å². The SMILES string of the molecule is CC(C)c1ccc(NC(=O)N2CCC[C@@H]2C(=O)NC2CCC(Cc3ccc(C(=O)O)cc3)CC2)cc1. The van der Waals surface area contributed by atoms with Crippen LogP contribution in [0, 0.1) is 5.92 Å². The van der Waals surface area contributed by atoms with Crippen LogP contribution in [0.15, 0.2) is 48.5 Å². The highest BCUT2D eigenvalue weighted by Crippen LogP contribution is 2.28. The number of nitrogens with one attached hydrogen (secondary N) is 2. The molecule has 3 N–H and O–H groups in total. The molecule has 2 aromatic carbocycles. The number of likely N-dealkylation sites (tertiary alicyclic amines) is 1. The van der Waals surface area contributed by atoms with E-state index in [1.165, 1.54) is 5.56 Å². The van der Waals surface area contributed by atoms with E-state index >= 15 is 0 Å². The number of carboxylic acids is 1. The van der Waals surface area contributed by atoms with Gasteiger partial charge < -0.3 is 20.6 Å². The van der Waals surface area contributed by atoms with E-state index < -0.39 is 12.0 Å². The molecule has 7 nitrogen and oxygen atoms in total. The Labute approximate surface area is 213 Å². The van der Waals surface area contributed by atoms with Gasteiger partial charge >= 0.3 is 12.0 Å². The number of benzene rings is 2. The lowest BCUT2D eigenvalue weighted by molar-refractivity contribution is -0.125. The Kier molecular flexibility index (Phi) is 8.28. The molecule has 1 aliphatic heterocycles. The molecular weight excluding hydrogens is 454 g/mol. The number of hydrogen-bond acceptors (Lipinski definition) is 3. The molecule has 4 rings (SSSR count). The predicted octanol–water partition coefficient (Wildman–Crippen LogP) is 5.42. The number of nitrogens with zero attached hydrogens (tertiary/aromatic N) is 1. The highest BCUT2D eigenvalue weighted by molar-refractivity contribution is 5.94. The van der Waals surface area contributed by atoms with E-state index in [2.05, 4.69) is 24.5 Å². The molecule has 36 heavy (non-hydrogen) atoms. The van der Waals surface area contributed by atoms with Gasteiger partial charge in [0, 0.05) is 18.3 Å². The Bertz CT molecular complexity index is 1060. The Morgan fingerprint density at radius 2 is 1.61 bits per heavy atom. The van der Waals surface area contributed by atoms with Crippen molar-refractivity contribution in [1.82, 2.24) is 10.2 Å². The van der Waals surface area contributed by atoms with Crippen molar-refractivity contribution in [2.45, 2.75) is 76.8 Å². The van der Waals surface area contributed by atoms with Crippen molar-refractivity contribution in [3.63, 3.8) is 0 Å². The standard InChI is InChI=1S/C29H37N3O4/c1-19(2)22-11-15-25(16-12-22)31-29(36)32-17-3-4-26(32)27(33)30-24-13-7-21(8-14-24)18-20-5-9-23(10-6-20)28(34)35/h5-6,9-12,15-16,19,21,24,26H,3-4,7-8,13-14,17-18H2,1-2H3,(H,30,33)(H,31,36)(H,34,35)/t21?,24?,26-/m1/s1. The summed E-state index contributed by atoms with van der Waals surface area (Å²) < 4.78 is 0. The third-order valence-corrected chi connectivity index (χ3v) is 7.56. The van der Waals surface area contributed by atoms with Gasteiger partial charge in [0.15, 0.2) is 0 Å². The van der Waals surface area contributed by atoms with Crippen LogP contribution >= 0.6 is 0 Å². The molecule has 0 aromatic heterocycles. The van der Waals surface area contributed by atoms with E-state index in [1.807, 2.05) is 36.4 Å². The van der Waals surface area contributed by atoms with Gasteiger partial charge in [0.1, 0.15) is 6.04 Å². The summed E-state index contributed by atoms with van der Waals surface area (Å²) in [6.45, 7) is 4.85. The van der Waals surface area contributed by atoms with Crippen molar-refractivity contribution < 1.29 is 19.5 Å². The van der Waals surface area contributed by atoms with E-state index in [-0.39, 0.29) is 18.0 Å². The highest BCUT2D eigenvalue weighted by Gasteiger charge is 2.35. The summed E-state index contributed by atoms with van der Waals surface area (Å²) in [5.41, 5.74) is 3.42. The monoisotopic (exact) mass is 491 g/mol. The average Bonchev–Trinajstić information content (AvgIpc) is 3.36. The summed E-state index contributed by atoms with van der Waals surface area (Å²) in [6, 6.07) is 14.5. The normalized spacial score (nSPS) is 21.9. The predicted molar refractivity (Wildman–Crippen MR) is 140 cm³/mol. The number of carbonyl (C=O) groups is 3. The van der Waals surface area contributed by atoms with Crippen molar-refractivity contribution in [2.75, 3.05) is 11.9 Å². The summed E-state index contributed by atoms with van der Waals surface area (Å²) in [5, 5.41) is 15.2. The van der Waals surface area contributed by atoms with E-state index in [0.29, 0.717) is 30.4 Å². The molecule has 2 fully saturated rings. The second kappa shape index (κ2) is 11.6. The van der Waals surface area contributed by atoms with E-state index in [1.54, 1.807) is 17.0 Å². The van der Waals surface area contributed by atoms with Crippen molar-refractivity contribution in [1.29, 1.82) is 0 Å². The van der Waals surface area contributed by atoms with Gasteiger partial charge in [-0.05, 0) is 92.2 Å². The molecule has 2 aliphatic rings. The van der Waals surface area contributed by atoms with Gasteiger partial charge in [-0.3, -0.25) is 4.79 Å². The van der Waals surface area contributed by atoms with Gasteiger partial charge in [-0.2, -0.15) is 0 Å². The quantitative estimate of drug-likeness (QED) is 0.481. The molecule has 1 saturated carbocycles. The number of urea groups is 1. The third-order valence-electron chi connectivity index (χ3n) is 7.56. The number of amides is 3. The molecule has 0 spiro atoms. The molecule has 1 aliphatic carbocycles. The zero-order chi connectivity index (χ0) is 25.7. The summed E-state index contributed by atoms with van der Waals surface area (Å²) in [7, 11) is 0. The van der Waals surface area contributed by atoms with Crippen LogP contribution in [0.1, 0.15) is 79.8 Å². The molecule has 7 heteroatoms. The lowest BCUT2D eigenvalue weighted by atomic mass is 9.82. The minimum absolute atomic E-state index is 0.0504. The van der Waals surface area contributed by atoms with Crippen molar-refractivity contribution >= 4 is 23.6 Å². The summed E-state index contributed by atoms with van der Waals surface area (Å²) in [6.07, 6.45) is 6.32.